The zero-order valence-corrected chi connectivity index (χ0v) is 30.6. The first kappa shape index (κ1) is 39.4. The summed E-state index contributed by atoms with van der Waals surface area (Å²) in [5, 5.41) is 23.7. The predicted octanol–water partition coefficient (Wildman–Crippen LogP) is 8.52. The maximum Gasteiger partial charge on any atom is 2.00 e. The van der Waals surface area contributed by atoms with Gasteiger partial charge in [0.05, 0.1) is 23.0 Å². The number of hydrogen-bond donors (Lipinski definition) is 0. The van der Waals surface area contributed by atoms with Crippen LogP contribution in [0.3, 0.4) is 0 Å². The molecule has 0 aromatic heterocycles. The molecular weight excluding hydrogens is 728 g/mol. The second kappa shape index (κ2) is 22.7. The summed E-state index contributed by atoms with van der Waals surface area (Å²) >= 11 is 19.0. The van der Waals surface area contributed by atoms with Crippen LogP contribution in [0.2, 0.25) is 0 Å². The van der Waals surface area contributed by atoms with E-state index in [9.17, 15) is 0 Å². The fourth-order valence-corrected chi connectivity index (χ4v) is 10.1. The molecule has 2 nitrogen and oxygen atoms in total. The van der Waals surface area contributed by atoms with Gasteiger partial charge in [-0.15, -0.1) is 23.2 Å². The van der Waals surface area contributed by atoms with Gasteiger partial charge in [0.2, 0.25) is 0 Å². The Bertz CT molecular complexity index is 1530. The van der Waals surface area contributed by atoms with Gasteiger partial charge in [0.15, 0.2) is 0 Å². The van der Waals surface area contributed by atoms with Crippen molar-refractivity contribution < 1.29 is 16.5 Å². The average Bonchev–Trinajstić information content (AvgIpc) is 3.09. The number of rotatable bonds is 8. The standard InChI is InChI=1S/C26H24P2.C10H6N2S2.CH2Cl2.Ni/c1-5-13-23(14-6-1)27(24-15-7-2-8-16-24)21-22-28(25-17-9-3-10-18-25)26-19-11-4-12-20-26;11-5-7-3-1-2-4-8(7)9(6-12)10(13)14;2-1-3;/h1-20H,21-22H2;1-4,13-14H;1H2;/q;;;+2/p-2. The second-order valence-corrected chi connectivity index (χ2v) is 15.7. The Kier molecular flexibility index (Phi) is 19.4. The van der Waals surface area contributed by atoms with Crippen LogP contribution in [-0.2, 0) is 41.7 Å². The number of nitriles is 2. The minimum atomic E-state index is -0.348. The second-order valence-electron chi connectivity index (χ2n) is 9.18. The number of nitrogens with zero attached hydrogens (tertiary/aromatic N) is 2. The van der Waals surface area contributed by atoms with Gasteiger partial charge in [0, 0.05) is 11.1 Å². The maximum atomic E-state index is 8.82. The molecule has 5 aromatic carbocycles. The first-order valence-corrected chi connectivity index (χ1v) is 18.8. The van der Waals surface area contributed by atoms with Crippen molar-refractivity contribution in [1.29, 1.82) is 10.5 Å². The summed E-state index contributed by atoms with van der Waals surface area (Å²) in [5.41, 5.74) is 1.14. The molecule has 0 radical (unpaired) electrons. The quantitative estimate of drug-likeness (QED) is 0.0524. The van der Waals surface area contributed by atoms with E-state index in [1.165, 1.54) is 33.5 Å². The summed E-state index contributed by atoms with van der Waals surface area (Å²) in [7, 11) is -0.696. The largest absolute Gasteiger partial charge is 2.00 e. The van der Waals surface area contributed by atoms with E-state index in [2.05, 4.69) is 121 Å². The molecule has 0 amide bonds. The maximum absolute atomic E-state index is 8.82. The van der Waals surface area contributed by atoms with Crippen molar-refractivity contribution in [3.63, 3.8) is 0 Å². The zero-order valence-electron chi connectivity index (χ0n) is 24.7. The van der Waals surface area contributed by atoms with Gasteiger partial charge >= 0.3 is 16.5 Å². The monoisotopic (exact) mass is 756 g/mol. The van der Waals surface area contributed by atoms with Crippen LogP contribution in [-0.4, -0.2) is 17.7 Å². The summed E-state index contributed by atoms with van der Waals surface area (Å²) in [4.78, 5) is 0. The molecule has 0 spiro atoms. The molecule has 5 aromatic rings. The van der Waals surface area contributed by atoms with Crippen molar-refractivity contribution in [1.82, 2.24) is 0 Å². The van der Waals surface area contributed by atoms with Gasteiger partial charge in [-0.05, 0) is 55.5 Å². The molecule has 0 atom stereocenters. The third-order valence-corrected chi connectivity index (χ3v) is 12.2. The average molecular weight is 758 g/mol. The summed E-state index contributed by atoms with van der Waals surface area (Å²) in [6, 6.07) is 54.9. The van der Waals surface area contributed by atoms with Gasteiger partial charge in [0.1, 0.15) is 0 Å². The van der Waals surface area contributed by atoms with Crippen molar-refractivity contribution >= 4 is 91.1 Å². The van der Waals surface area contributed by atoms with Crippen molar-refractivity contribution in [3.8, 4) is 12.1 Å². The number of allylic oxidation sites excluding steroid dienone is 1. The van der Waals surface area contributed by atoms with Crippen molar-refractivity contribution in [3.05, 3.63) is 161 Å². The van der Waals surface area contributed by atoms with Gasteiger partial charge in [0.25, 0.3) is 0 Å². The molecule has 0 aliphatic heterocycles. The van der Waals surface area contributed by atoms with Crippen LogP contribution in [0.4, 0.5) is 0 Å². The van der Waals surface area contributed by atoms with Crippen molar-refractivity contribution in [2.45, 2.75) is 0 Å². The van der Waals surface area contributed by atoms with Gasteiger partial charge in [-0.1, -0.05) is 140 Å². The van der Waals surface area contributed by atoms with E-state index >= 15 is 0 Å². The fourth-order valence-electron chi connectivity index (χ4n) is 4.46. The molecule has 9 heteroatoms. The molecule has 234 valence electrons. The molecule has 0 bridgehead atoms. The van der Waals surface area contributed by atoms with Crippen LogP contribution in [0.1, 0.15) is 11.1 Å². The Morgan fingerprint density at radius 3 is 1.13 bits per heavy atom. The van der Waals surface area contributed by atoms with E-state index in [1.54, 1.807) is 24.3 Å². The molecule has 0 aliphatic carbocycles. The van der Waals surface area contributed by atoms with E-state index in [0.29, 0.717) is 11.1 Å². The van der Waals surface area contributed by atoms with Crippen LogP contribution in [0.5, 0.6) is 0 Å². The molecule has 0 aliphatic rings. The zero-order chi connectivity index (χ0) is 32.3. The topological polar surface area (TPSA) is 47.6 Å². The number of alkyl halides is 2. The Balaban J connectivity index is 0.000000346. The van der Waals surface area contributed by atoms with Gasteiger partial charge in [-0.3, -0.25) is 0 Å². The normalized spacial score (nSPS) is 9.70. The Labute approximate surface area is 306 Å². The first-order valence-electron chi connectivity index (χ1n) is 13.9. The third kappa shape index (κ3) is 12.4. The summed E-state index contributed by atoms with van der Waals surface area (Å²) in [5.74, 6) is 0. The van der Waals surface area contributed by atoms with Crippen molar-refractivity contribution in [2.75, 3.05) is 17.7 Å². The van der Waals surface area contributed by atoms with E-state index in [4.69, 9.17) is 59.0 Å². The Morgan fingerprint density at radius 1 is 0.543 bits per heavy atom. The molecule has 5 rings (SSSR count). The SMILES string of the molecule is ClCCl.N#CC(=C([S-])[S-])c1ccccc1C#N.[Ni+2].c1ccc(P(CCP(c2ccccc2)c2ccccc2)c2ccccc2)cc1. The summed E-state index contributed by atoms with van der Waals surface area (Å²) in [6.07, 6.45) is 2.41. The van der Waals surface area contributed by atoms with E-state index in [-0.39, 0.29) is 47.5 Å². The van der Waals surface area contributed by atoms with Gasteiger partial charge < -0.3 is 29.5 Å². The Hall–Kier alpha value is -2.81. The van der Waals surface area contributed by atoms with Crippen LogP contribution in [0.15, 0.2) is 150 Å². The van der Waals surface area contributed by atoms with Crippen LogP contribution in [0, 0.1) is 22.7 Å². The molecule has 46 heavy (non-hydrogen) atoms. The summed E-state index contributed by atoms with van der Waals surface area (Å²) in [6.45, 7) is 0. The van der Waals surface area contributed by atoms with Gasteiger partial charge in [-0.2, -0.15) is 10.5 Å². The predicted molar refractivity (Wildman–Crippen MR) is 203 cm³/mol. The number of halogens is 2. The Morgan fingerprint density at radius 2 is 0.848 bits per heavy atom. The molecular formula is C37H30Cl2N2NiP2S2. The molecule has 0 fully saturated rings. The fraction of sp³-hybridized carbons (Fsp3) is 0.0811. The number of hydrogen-bond acceptors (Lipinski definition) is 4. The van der Waals surface area contributed by atoms with Crippen LogP contribution in [0.25, 0.3) is 5.57 Å². The minimum Gasteiger partial charge on any atom is -0.806 e. The smallest absolute Gasteiger partial charge is 0.806 e. The number of benzene rings is 5. The first-order chi connectivity index (χ1) is 22.0. The molecule has 0 unspecified atom stereocenters. The molecule has 0 saturated carbocycles. The van der Waals surface area contributed by atoms with E-state index < -0.39 is 0 Å². The van der Waals surface area contributed by atoms with Crippen LogP contribution < -0.4 is 21.2 Å². The molecule has 0 heterocycles. The molecule has 0 saturated heterocycles. The van der Waals surface area contributed by atoms with E-state index in [1.807, 2.05) is 12.1 Å². The minimum absolute atomic E-state index is 0. The van der Waals surface area contributed by atoms with Gasteiger partial charge in [-0.25, -0.2) is 0 Å². The van der Waals surface area contributed by atoms with Crippen molar-refractivity contribution in [2.24, 2.45) is 0 Å². The van der Waals surface area contributed by atoms with E-state index in [0.717, 1.165) is 0 Å². The van der Waals surface area contributed by atoms with Crippen LogP contribution >= 0.6 is 39.0 Å². The third-order valence-electron chi connectivity index (χ3n) is 6.45. The summed E-state index contributed by atoms with van der Waals surface area (Å²) < 4.78 is 0.0928. The molecule has 0 N–H and O–H groups in total.